The lowest BCUT2D eigenvalue weighted by molar-refractivity contribution is 0.411. The SMILES string of the molecule is COc1ccc(CNCCc2ncc[nH]2)cc1C. The second-order valence-electron chi connectivity index (χ2n) is 4.27. The van der Waals surface area contributed by atoms with E-state index >= 15 is 0 Å². The van der Waals surface area contributed by atoms with Crippen molar-refractivity contribution >= 4 is 0 Å². The number of nitrogens with zero attached hydrogens (tertiary/aromatic N) is 1. The third-order valence-corrected chi connectivity index (χ3v) is 2.88. The number of benzene rings is 1. The number of H-pyrrole nitrogens is 1. The van der Waals surface area contributed by atoms with Crippen LogP contribution >= 0.6 is 0 Å². The molecule has 0 atom stereocenters. The van der Waals surface area contributed by atoms with Gasteiger partial charge in [0.05, 0.1) is 7.11 Å². The molecule has 2 aromatic rings. The van der Waals surface area contributed by atoms with E-state index in [9.17, 15) is 0 Å². The largest absolute Gasteiger partial charge is 0.496 e. The average molecular weight is 245 g/mol. The van der Waals surface area contributed by atoms with Gasteiger partial charge in [0, 0.05) is 31.9 Å². The maximum atomic E-state index is 5.24. The van der Waals surface area contributed by atoms with Crippen LogP contribution in [0.1, 0.15) is 17.0 Å². The molecule has 0 saturated carbocycles. The van der Waals surface area contributed by atoms with Crippen molar-refractivity contribution in [3.8, 4) is 5.75 Å². The van der Waals surface area contributed by atoms with Crippen LogP contribution < -0.4 is 10.1 Å². The lowest BCUT2D eigenvalue weighted by atomic mass is 10.1. The first-order valence-corrected chi connectivity index (χ1v) is 6.12. The molecule has 18 heavy (non-hydrogen) atoms. The van der Waals surface area contributed by atoms with Gasteiger partial charge in [-0.2, -0.15) is 0 Å². The van der Waals surface area contributed by atoms with Crippen LogP contribution in [0.5, 0.6) is 5.75 Å². The van der Waals surface area contributed by atoms with Crippen LogP contribution in [-0.2, 0) is 13.0 Å². The maximum Gasteiger partial charge on any atom is 0.121 e. The van der Waals surface area contributed by atoms with Gasteiger partial charge in [-0.15, -0.1) is 0 Å². The molecule has 0 aliphatic heterocycles. The Morgan fingerprint density at radius 3 is 2.94 bits per heavy atom. The van der Waals surface area contributed by atoms with Crippen molar-refractivity contribution in [1.82, 2.24) is 15.3 Å². The minimum atomic E-state index is 0.867. The van der Waals surface area contributed by atoms with Crippen LogP contribution in [-0.4, -0.2) is 23.6 Å². The van der Waals surface area contributed by atoms with Crippen molar-refractivity contribution in [2.75, 3.05) is 13.7 Å². The molecule has 0 saturated heterocycles. The number of aromatic nitrogens is 2. The van der Waals surface area contributed by atoms with Gasteiger partial charge in [-0.05, 0) is 24.1 Å². The van der Waals surface area contributed by atoms with Crippen molar-refractivity contribution in [1.29, 1.82) is 0 Å². The van der Waals surface area contributed by atoms with E-state index in [4.69, 9.17) is 4.74 Å². The number of imidazole rings is 1. The Kier molecular flexibility index (Phi) is 4.36. The van der Waals surface area contributed by atoms with E-state index in [-0.39, 0.29) is 0 Å². The molecule has 0 bridgehead atoms. The molecule has 1 heterocycles. The molecule has 0 amide bonds. The molecule has 2 N–H and O–H groups in total. The minimum Gasteiger partial charge on any atom is -0.496 e. The van der Waals surface area contributed by atoms with E-state index in [1.807, 2.05) is 12.3 Å². The Labute approximate surface area is 107 Å². The topological polar surface area (TPSA) is 49.9 Å². The molecular weight excluding hydrogens is 226 g/mol. The number of aryl methyl sites for hydroxylation is 1. The fourth-order valence-electron chi connectivity index (χ4n) is 1.92. The monoisotopic (exact) mass is 245 g/mol. The summed E-state index contributed by atoms with van der Waals surface area (Å²) < 4.78 is 5.24. The number of ether oxygens (including phenoxy) is 1. The van der Waals surface area contributed by atoms with E-state index in [0.29, 0.717) is 0 Å². The lowest BCUT2D eigenvalue weighted by Crippen LogP contribution is -2.17. The fraction of sp³-hybridized carbons (Fsp3) is 0.357. The number of rotatable bonds is 6. The molecule has 1 aromatic carbocycles. The van der Waals surface area contributed by atoms with Crippen molar-refractivity contribution in [3.05, 3.63) is 47.5 Å². The van der Waals surface area contributed by atoms with Crippen molar-refractivity contribution in [2.24, 2.45) is 0 Å². The Hall–Kier alpha value is -1.81. The van der Waals surface area contributed by atoms with Crippen LogP contribution in [0.2, 0.25) is 0 Å². The Balaban J connectivity index is 1.78. The second kappa shape index (κ2) is 6.21. The summed E-state index contributed by atoms with van der Waals surface area (Å²) in [5.74, 6) is 1.96. The van der Waals surface area contributed by atoms with Crippen molar-refractivity contribution in [3.63, 3.8) is 0 Å². The van der Waals surface area contributed by atoms with E-state index in [2.05, 4.69) is 34.3 Å². The smallest absolute Gasteiger partial charge is 0.121 e. The van der Waals surface area contributed by atoms with Crippen LogP contribution in [0.15, 0.2) is 30.6 Å². The Bertz CT molecular complexity index is 480. The van der Waals surface area contributed by atoms with Gasteiger partial charge < -0.3 is 15.0 Å². The van der Waals surface area contributed by atoms with E-state index < -0.39 is 0 Å². The van der Waals surface area contributed by atoms with Gasteiger partial charge in [-0.25, -0.2) is 4.98 Å². The van der Waals surface area contributed by atoms with Gasteiger partial charge in [0.2, 0.25) is 0 Å². The summed E-state index contributed by atoms with van der Waals surface area (Å²) in [6.45, 7) is 3.84. The van der Waals surface area contributed by atoms with E-state index in [1.54, 1.807) is 13.3 Å². The van der Waals surface area contributed by atoms with Gasteiger partial charge in [0.15, 0.2) is 0 Å². The number of nitrogens with one attached hydrogen (secondary N) is 2. The highest BCUT2D eigenvalue weighted by Gasteiger charge is 2.00. The van der Waals surface area contributed by atoms with Gasteiger partial charge in [-0.3, -0.25) is 0 Å². The highest BCUT2D eigenvalue weighted by atomic mass is 16.5. The summed E-state index contributed by atoms with van der Waals surface area (Å²) in [5.41, 5.74) is 2.44. The van der Waals surface area contributed by atoms with Crippen LogP contribution in [0, 0.1) is 6.92 Å². The highest BCUT2D eigenvalue weighted by molar-refractivity contribution is 5.36. The minimum absolute atomic E-state index is 0.867. The Morgan fingerprint density at radius 2 is 2.28 bits per heavy atom. The summed E-state index contributed by atoms with van der Waals surface area (Å²) in [6, 6.07) is 6.25. The standard InChI is InChI=1S/C14H19N3O/c1-11-9-12(3-4-13(11)18-2)10-15-6-5-14-16-7-8-17-14/h3-4,7-9,15H,5-6,10H2,1-2H3,(H,16,17). The predicted octanol–water partition coefficient (Wildman–Crippen LogP) is 2.06. The third-order valence-electron chi connectivity index (χ3n) is 2.88. The van der Waals surface area contributed by atoms with Gasteiger partial charge >= 0.3 is 0 Å². The summed E-state index contributed by atoms with van der Waals surface area (Å²) in [7, 11) is 1.70. The molecule has 0 radical (unpaired) electrons. The van der Waals surface area contributed by atoms with Gasteiger partial charge in [0.25, 0.3) is 0 Å². The normalized spacial score (nSPS) is 10.6. The molecule has 0 aliphatic rings. The van der Waals surface area contributed by atoms with Crippen molar-refractivity contribution in [2.45, 2.75) is 19.9 Å². The van der Waals surface area contributed by atoms with Crippen LogP contribution in [0.4, 0.5) is 0 Å². The zero-order chi connectivity index (χ0) is 12.8. The Morgan fingerprint density at radius 1 is 1.39 bits per heavy atom. The summed E-state index contributed by atoms with van der Waals surface area (Å²) >= 11 is 0. The number of aromatic amines is 1. The molecule has 4 nitrogen and oxygen atoms in total. The van der Waals surface area contributed by atoms with Gasteiger partial charge in [-0.1, -0.05) is 12.1 Å². The van der Waals surface area contributed by atoms with Gasteiger partial charge in [0.1, 0.15) is 11.6 Å². The highest BCUT2D eigenvalue weighted by Crippen LogP contribution is 2.18. The number of hydrogen-bond donors (Lipinski definition) is 2. The molecule has 0 unspecified atom stereocenters. The fourth-order valence-corrected chi connectivity index (χ4v) is 1.92. The summed E-state index contributed by atoms with van der Waals surface area (Å²) in [4.78, 5) is 7.28. The predicted molar refractivity (Wildman–Crippen MR) is 71.7 cm³/mol. The molecule has 96 valence electrons. The third kappa shape index (κ3) is 3.34. The number of hydrogen-bond acceptors (Lipinski definition) is 3. The first-order valence-electron chi connectivity index (χ1n) is 6.12. The van der Waals surface area contributed by atoms with Crippen molar-refractivity contribution < 1.29 is 4.74 Å². The zero-order valence-electron chi connectivity index (χ0n) is 10.9. The molecular formula is C14H19N3O. The summed E-state index contributed by atoms with van der Waals surface area (Å²) in [5, 5.41) is 3.40. The molecule has 0 aliphatic carbocycles. The van der Waals surface area contributed by atoms with E-state index in [0.717, 1.165) is 31.1 Å². The summed E-state index contributed by atoms with van der Waals surface area (Å²) in [6.07, 6.45) is 4.55. The van der Waals surface area contributed by atoms with Crippen LogP contribution in [0.25, 0.3) is 0 Å². The molecule has 0 spiro atoms. The number of methoxy groups -OCH3 is 1. The molecule has 4 heteroatoms. The quantitative estimate of drug-likeness (QED) is 0.766. The maximum absolute atomic E-state index is 5.24. The average Bonchev–Trinajstić information content (AvgIpc) is 2.88. The lowest BCUT2D eigenvalue weighted by Gasteiger charge is -2.08. The van der Waals surface area contributed by atoms with Crippen LogP contribution in [0.3, 0.4) is 0 Å². The molecule has 2 rings (SSSR count). The molecule has 0 fully saturated rings. The first-order chi connectivity index (χ1) is 8.79. The van der Waals surface area contributed by atoms with E-state index in [1.165, 1.54) is 11.1 Å². The zero-order valence-corrected chi connectivity index (χ0v) is 10.9. The molecule has 1 aromatic heterocycles. The first kappa shape index (κ1) is 12.6. The second-order valence-corrected chi connectivity index (χ2v) is 4.27.